The predicted octanol–water partition coefficient (Wildman–Crippen LogP) is 3.77. The van der Waals surface area contributed by atoms with Gasteiger partial charge in [0.1, 0.15) is 5.75 Å². The molecular formula is C18H19NO3. The van der Waals surface area contributed by atoms with Gasteiger partial charge in [-0.3, -0.25) is 0 Å². The number of nitrogens with zero attached hydrogens (tertiary/aromatic N) is 1. The first kappa shape index (κ1) is 14.6. The van der Waals surface area contributed by atoms with Crippen molar-refractivity contribution < 1.29 is 14.7 Å². The zero-order valence-corrected chi connectivity index (χ0v) is 12.5. The summed E-state index contributed by atoms with van der Waals surface area (Å²) in [6.45, 7) is 0.340. The Bertz CT molecular complexity index is 637. The highest BCUT2D eigenvalue weighted by Gasteiger charge is 2.30. The third-order valence-electron chi connectivity index (χ3n) is 4.10. The lowest BCUT2D eigenvalue weighted by Crippen LogP contribution is -2.28. The van der Waals surface area contributed by atoms with E-state index in [1.165, 1.54) is 0 Å². The number of hydrogen-bond donors (Lipinski definition) is 1. The van der Waals surface area contributed by atoms with Crippen LogP contribution in [0.3, 0.4) is 0 Å². The Morgan fingerprint density at radius 2 is 1.77 bits per heavy atom. The zero-order chi connectivity index (χ0) is 15.4. The van der Waals surface area contributed by atoms with Gasteiger partial charge in [0.2, 0.25) is 0 Å². The van der Waals surface area contributed by atoms with Crippen molar-refractivity contribution in [1.82, 2.24) is 0 Å². The Labute approximate surface area is 130 Å². The molecule has 2 atom stereocenters. The zero-order valence-electron chi connectivity index (χ0n) is 12.5. The van der Waals surface area contributed by atoms with Crippen LogP contribution < -0.4 is 4.74 Å². The molecule has 0 saturated carbocycles. The van der Waals surface area contributed by atoms with Crippen LogP contribution in [-0.4, -0.2) is 24.6 Å². The highest BCUT2D eigenvalue weighted by Crippen LogP contribution is 2.36. The van der Waals surface area contributed by atoms with E-state index >= 15 is 0 Å². The van der Waals surface area contributed by atoms with Crippen molar-refractivity contribution in [2.45, 2.75) is 18.4 Å². The Hall–Kier alpha value is -2.33. The van der Waals surface area contributed by atoms with Crippen LogP contribution in [0.5, 0.6) is 5.75 Å². The van der Waals surface area contributed by atoms with Gasteiger partial charge in [0.25, 0.3) is 0 Å². The second-order valence-electron chi connectivity index (χ2n) is 5.36. The molecular weight excluding hydrogens is 278 g/mol. The van der Waals surface area contributed by atoms with Crippen LogP contribution in [0.15, 0.2) is 59.8 Å². The summed E-state index contributed by atoms with van der Waals surface area (Å²) < 4.78 is 11.0. The number of oxime groups is 1. The van der Waals surface area contributed by atoms with Crippen molar-refractivity contribution in [2.75, 3.05) is 13.7 Å². The molecule has 0 radical (unpaired) electrons. The molecule has 1 aliphatic heterocycles. The first-order valence-electron chi connectivity index (χ1n) is 7.33. The van der Waals surface area contributed by atoms with E-state index in [1.54, 1.807) is 7.11 Å². The monoisotopic (exact) mass is 297 g/mol. The third-order valence-corrected chi connectivity index (χ3v) is 4.10. The molecule has 1 aliphatic rings. The van der Waals surface area contributed by atoms with Gasteiger partial charge in [0.15, 0.2) is 0 Å². The summed E-state index contributed by atoms with van der Waals surface area (Å²) in [5.41, 5.74) is 2.92. The van der Waals surface area contributed by atoms with E-state index in [1.807, 2.05) is 42.5 Å². The Morgan fingerprint density at radius 3 is 2.41 bits per heavy atom. The van der Waals surface area contributed by atoms with Crippen LogP contribution in [0.2, 0.25) is 0 Å². The van der Waals surface area contributed by atoms with Crippen molar-refractivity contribution in [1.29, 1.82) is 0 Å². The minimum absolute atomic E-state index is 0.0128. The average Bonchev–Trinajstić information content (AvgIpc) is 2.62. The van der Waals surface area contributed by atoms with Crippen molar-refractivity contribution in [3.05, 3.63) is 65.7 Å². The van der Waals surface area contributed by atoms with E-state index in [-0.39, 0.29) is 12.0 Å². The summed E-state index contributed by atoms with van der Waals surface area (Å²) in [5.74, 6) is 0.868. The van der Waals surface area contributed by atoms with E-state index in [2.05, 4.69) is 17.3 Å². The number of methoxy groups -OCH3 is 1. The minimum atomic E-state index is 0.0128. The van der Waals surface area contributed by atoms with E-state index in [9.17, 15) is 5.21 Å². The third kappa shape index (κ3) is 2.97. The van der Waals surface area contributed by atoms with Gasteiger partial charge in [-0.15, -0.1) is 0 Å². The van der Waals surface area contributed by atoms with E-state index in [0.29, 0.717) is 12.3 Å². The summed E-state index contributed by atoms with van der Waals surface area (Å²) >= 11 is 0. The summed E-state index contributed by atoms with van der Waals surface area (Å²) in [6, 6.07) is 18.0. The Morgan fingerprint density at radius 1 is 1.05 bits per heavy atom. The quantitative estimate of drug-likeness (QED) is 0.693. The van der Waals surface area contributed by atoms with Gasteiger partial charge < -0.3 is 14.7 Å². The molecule has 4 nitrogen and oxygen atoms in total. The van der Waals surface area contributed by atoms with E-state index in [0.717, 1.165) is 23.3 Å². The van der Waals surface area contributed by atoms with Crippen molar-refractivity contribution in [3.8, 4) is 5.75 Å². The fraction of sp³-hybridized carbons (Fsp3) is 0.278. The predicted molar refractivity (Wildman–Crippen MR) is 84.7 cm³/mol. The Kier molecular flexibility index (Phi) is 4.39. The fourth-order valence-electron chi connectivity index (χ4n) is 2.87. The van der Waals surface area contributed by atoms with Gasteiger partial charge in [-0.2, -0.15) is 0 Å². The number of rotatable bonds is 3. The van der Waals surface area contributed by atoms with Crippen LogP contribution in [0, 0.1) is 0 Å². The largest absolute Gasteiger partial charge is 0.497 e. The minimum Gasteiger partial charge on any atom is -0.497 e. The standard InChI is InChI=1S/C18H19NO3/c1-21-15-9-7-13(8-10-15)16-11-18(22-12-17(16)19-20)14-5-3-2-4-6-14/h2-10,16,18,20H,11-12H2,1H3/b19-17-/t16-,18-/m0/s1. The van der Waals surface area contributed by atoms with Gasteiger partial charge in [0, 0.05) is 5.92 Å². The number of hydrogen-bond acceptors (Lipinski definition) is 4. The summed E-state index contributed by atoms with van der Waals surface area (Å²) in [4.78, 5) is 0. The highest BCUT2D eigenvalue weighted by molar-refractivity contribution is 5.92. The maximum Gasteiger partial charge on any atom is 0.118 e. The van der Waals surface area contributed by atoms with Gasteiger partial charge >= 0.3 is 0 Å². The van der Waals surface area contributed by atoms with E-state index < -0.39 is 0 Å². The van der Waals surface area contributed by atoms with Gasteiger partial charge in [-0.05, 0) is 29.7 Å². The summed E-state index contributed by atoms with van der Waals surface area (Å²) in [5, 5.41) is 12.7. The second-order valence-corrected chi connectivity index (χ2v) is 5.36. The van der Waals surface area contributed by atoms with Crippen LogP contribution in [0.4, 0.5) is 0 Å². The van der Waals surface area contributed by atoms with Gasteiger partial charge in [0.05, 0.1) is 25.5 Å². The molecule has 0 bridgehead atoms. The molecule has 0 aliphatic carbocycles. The van der Waals surface area contributed by atoms with Gasteiger partial charge in [-0.25, -0.2) is 0 Å². The lowest BCUT2D eigenvalue weighted by molar-refractivity contribution is 0.0539. The van der Waals surface area contributed by atoms with Gasteiger partial charge in [-0.1, -0.05) is 47.6 Å². The number of benzene rings is 2. The maximum absolute atomic E-state index is 9.26. The van der Waals surface area contributed by atoms with Crippen molar-refractivity contribution >= 4 is 5.71 Å². The van der Waals surface area contributed by atoms with Crippen LogP contribution >= 0.6 is 0 Å². The molecule has 2 aromatic carbocycles. The van der Waals surface area contributed by atoms with Crippen LogP contribution in [0.1, 0.15) is 29.6 Å². The SMILES string of the molecule is COc1ccc([C@@H]2C[C@@H](c3ccccc3)OC/C2=N/O)cc1. The number of ether oxygens (including phenoxy) is 2. The molecule has 4 heteroatoms. The Balaban J connectivity index is 1.85. The molecule has 22 heavy (non-hydrogen) atoms. The fourth-order valence-corrected chi connectivity index (χ4v) is 2.87. The first-order valence-corrected chi connectivity index (χ1v) is 7.33. The lowest BCUT2D eigenvalue weighted by Gasteiger charge is -2.30. The molecule has 0 amide bonds. The molecule has 1 N–H and O–H groups in total. The first-order chi connectivity index (χ1) is 10.8. The second kappa shape index (κ2) is 6.62. The maximum atomic E-state index is 9.26. The molecule has 114 valence electrons. The molecule has 1 fully saturated rings. The smallest absolute Gasteiger partial charge is 0.118 e. The molecule has 3 rings (SSSR count). The molecule has 1 saturated heterocycles. The molecule has 0 aromatic heterocycles. The highest BCUT2D eigenvalue weighted by atomic mass is 16.5. The normalized spacial score (nSPS) is 23.4. The van der Waals surface area contributed by atoms with Crippen molar-refractivity contribution in [2.24, 2.45) is 5.16 Å². The van der Waals surface area contributed by atoms with Crippen LogP contribution in [-0.2, 0) is 4.74 Å². The van der Waals surface area contributed by atoms with Crippen LogP contribution in [0.25, 0.3) is 0 Å². The van der Waals surface area contributed by atoms with Crippen molar-refractivity contribution in [3.63, 3.8) is 0 Å². The molecule has 2 aromatic rings. The van der Waals surface area contributed by atoms with E-state index in [4.69, 9.17) is 9.47 Å². The average molecular weight is 297 g/mol. The summed E-state index contributed by atoms with van der Waals surface area (Å²) in [7, 11) is 1.65. The molecule has 0 spiro atoms. The molecule has 0 unspecified atom stereocenters. The summed E-state index contributed by atoms with van der Waals surface area (Å²) in [6.07, 6.45) is 0.772. The molecule has 1 heterocycles. The topological polar surface area (TPSA) is 51.0 Å². The lowest BCUT2D eigenvalue weighted by atomic mass is 9.85.